The normalized spacial score (nSPS) is 44.9. The minimum Gasteiger partial charge on any atom is -0.459 e. The molecule has 1 N–H and O–H groups in total. The van der Waals surface area contributed by atoms with Gasteiger partial charge in [-0.1, -0.05) is 25.5 Å². The van der Waals surface area contributed by atoms with E-state index in [0.29, 0.717) is 24.8 Å². The lowest BCUT2D eigenvalue weighted by molar-refractivity contribution is -0.229. The van der Waals surface area contributed by atoms with Crippen LogP contribution < -0.4 is 0 Å². The molecular formula is C26H33FO7. The largest absolute Gasteiger partial charge is 0.459 e. The molecule has 0 heterocycles. The molecule has 0 unspecified atom stereocenters. The number of halogens is 1. The second-order valence-corrected chi connectivity index (χ2v) is 11.0. The first-order valence-corrected chi connectivity index (χ1v) is 11.9. The lowest BCUT2D eigenvalue weighted by Gasteiger charge is -2.63. The van der Waals surface area contributed by atoms with Gasteiger partial charge in [-0.15, -0.1) is 0 Å². The van der Waals surface area contributed by atoms with Crippen LogP contribution in [0, 0.1) is 28.6 Å². The Balaban J connectivity index is 1.83. The summed E-state index contributed by atoms with van der Waals surface area (Å²) in [6.07, 6.45) is 4.43. The van der Waals surface area contributed by atoms with Crippen LogP contribution in [0.15, 0.2) is 23.8 Å². The molecule has 0 aliphatic heterocycles. The average Bonchev–Trinajstić information content (AvgIpc) is 2.94. The molecule has 186 valence electrons. The highest BCUT2D eigenvalue weighted by Gasteiger charge is 2.76. The quantitative estimate of drug-likeness (QED) is 0.622. The first-order chi connectivity index (χ1) is 15.7. The second kappa shape index (κ2) is 7.83. The molecule has 4 rings (SSSR count). The number of fused-ring (bicyclic) bond motifs is 5. The Morgan fingerprint density at radius 3 is 2.47 bits per heavy atom. The van der Waals surface area contributed by atoms with Crippen molar-refractivity contribution in [1.82, 2.24) is 0 Å². The van der Waals surface area contributed by atoms with E-state index in [0.717, 1.165) is 0 Å². The Bertz CT molecular complexity index is 1020. The van der Waals surface area contributed by atoms with Gasteiger partial charge in [0.15, 0.2) is 18.1 Å². The van der Waals surface area contributed by atoms with Gasteiger partial charge < -0.3 is 14.6 Å². The molecule has 8 heteroatoms. The molecule has 0 radical (unpaired) electrons. The Morgan fingerprint density at radius 2 is 1.85 bits per heavy atom. The van der Waals surface area contributed by atoms with Crippen LogP contribution >= 0.6 is 0 Å². The number of allylic oxidation sites excluding steroid dienone is 4. The van der Waals surface area contributed by atoms with Gasteiger partial charge in [-0.2, -0.15) is 0 Å². The summed E-state index contributed by atoms with van der Waals surface area (Å²) in [5.74, 6) is -3.62. The van der Waals surface area contributed by atoms with Crippen LogP contribution in [0.4, 0.5) is 4.39 Å². The number of carbonyl (C=O) groups is 4. The third kappa shape index (κ3) is 3.10. The molecule has 8 atom stereocenters. The summed E-state index contributed by atoms with van der Waals surface area (Å²) in [4.78, 5) is 48.7. The van der Waals surface area contributed by atoms with Crippen molar-refractivity contribution >= 4 is 23.5 Å². The van der Waals surface area contributed by atoms with Crippen LogP contribution in [0.3, 0.4) is 0 Å². The van der Waals surface area contributed by atoms with Crippen molar-refractivity contribution in [2.24, 2.45) is 28.6 Å². The van der Waals surface area contributed by atoms with Gasteiger partial charge in [0, 0.05) is 30.6 Å². The van der Waals surface area contributed by atoms with Crippen molar-refractivity contribution in [1.29, 1.82) is 0 Å². The van der Waals surface area contributed by atoms with E-state index < -0.39 is 64.4 Å². The summed E-state index contributed by atoms with van der Waals surface area (Å²) < 4.78 is 28.1. The standard InChI is InChI=1S/C26H33FO7/c1-14-10-20-19-7-6-17-11-18(30)8-9-23(17,4)25(19,27)22(34-16(3)29)12-24(20,5)26(14,32)21(31)13-33-15(2)28/h8-9,11,14,19-20,22,32H,6-7,10,12-13H2,1-5H3/t14-,19-,20-,22+,23+,24+,25+,26+/m1/s1. The highest BCUT2D eigenvalue weighted by atomic mass is 19.1. The molecule has 0 saturated heterocycles. The SMILES string of the molecule is CC(=O)OCC(=O)[C@@]1(O)[C@H](C)C[C@@H]2[C@H]3CCC4=CC(=O)C=C[C@]4(C)[C@@]3(F)[C@@H](OC(C)=O)C[C@@]21C. The van der Waals surface area contributed by atoms with Crippen molar-refractivity contribution in [3.05, 3.63) is 23.8 Å². The van der Waals surface area contributed by atoms with Crippen LogP contribution in [0.5, 0.6) is 0 Å². The van der Waals surface area contributed by atoms with Crippen molar-refractivity contribution in [2.75, 3.05) is 6.61 Å². The summed E-state index contributed by atoms with van der Waals surface area (Å²) in [5, 5.41) is 11.9. The number of rotatable bonds is 4. The van der Waals surface area contributed by atoms with Gasteiger partial charge in [-0.25, -0.2) is 4.39 Å². The molecule has 0 aromatic heterocycles. The molecule has 7 nitrogen and oxygen atoms in total. The van der Waals surface area contributed by atoms with Gasteiger partial charge in [0.05, 0.1) is 0 Å². The third-order valence-corrected chi connectivity index (χ3v) is 9.34. The Labute approximate surface area is 198 Å². The predicted octanol–water partition coefficient (Wildman–Crippen LogP) is 3.04. The molecule has 34 heavy (non-hydrogen) atoms. The number of alkyl halides is 1. The number of hydrogen-bond donors (Lipinski definition) is 1. The minimum atomic E-state index is -2.02. The van der Waals surface area contributed by atoms with E-state index in [1.165, 1.54) is 26.0 Å². The van der Waals surface area contributed by atoms with Crippen LogP contribution in [-0.2, 0) is 28.7 Å². The molecule has 0 aromatic carbocycles. The summed E-state index contributed by atoms with van der Waals surface area (Å²) in [5.41, 5.74) is -5.48. The van der Waals surface area contributed by atoms with Crippen molar-refractivity contribution in [3.63, 3.8) is 0 Å². The van der Waals surface area contributed by atoms with Crippen molar-refractivity contribution < 1.29 is 38.1 Å². The van der Waals surface area contributed by atoms with Crippen LogP contribution in [-0.4, -0.2) is 52.6 Å². The Hall–Kier alpha value is -2.35. The smallest absolute Gasteiger partial charge is 0.303 e. The number of carbonyl (C=O) groups excluding carboxylic acids is 4. The van der Waals surface area contributed by atoms with E-state index in [4.69, 9.17) is 9.47 Å². The zero-order valence-corrected chi connectivity index (χ0v) is 20.4. The highest BCUT2D eigenvalue weighted by molar-refractivity contribution is 6.01. The van der Waals surface area contributed by atoms with Gasteiger partial charge >= 0.3 is 11.9 Å². The number of esters is 2. The first kappa shape index (κ1) is 24.8. The number of Topliss-reactive ketones (excluding diaryl/α,β-unsaturated/α-hetero) is 1. The monoisotopic (exact) mass is 476 g/mol. The number of ketones is 2. The molecule has 0 bridgehead atoms. The summed E-state index contributed by atoms with van der Waals surface area (Å²) in [6, 6.07) is 0. The fourth-order valence-electron chi connectivity index (χ4n) is 7.71. The maximum absolute atomic E-state index is 17.6. The van der Waals surface area contributed by atoms with E-state index in [1.807, 2.05) is 0 Å². The number of ether oxygens (including phenoxy) is 2. The highest BCUT2D eigenvalue weighted by Crippen LogP contribution is 2.71. The molecule has 3 saturated carbocycles. The molecule has 3 fully saturated rings. The molecule has 4 aliphatic rings. The molecule has 0 aromatic rings. The average molecular weight is 477 g/mol. The lowest BCUT2D eigenvalue weighted by Crippen LogP contribution is -2.70. The third-order valence-electron chi connectivity index (χ3n) is 9.34. The maximum atomic E-state index is 17.6. The lowest BCUT2D eigenvalue weighted by atomic mass is 9.44. The van der Waals surface area contributed by atoms with Crippen molar-refractivity contribution in [3.8, 4) is 0 Å². The van der Waals surface area contributed by atoms with Crippen LogP contribution in [0.1, 0.15) is 60.3 Å². The van der Waals surface area contributed by atoms with E-state index in [1.54, 1.807) is 26.8 Å². The topological polar surface area (TPSA) is 107 Å². The van der Waals surface area contributed by atoms with E-state index >= 15 is 4.39 Å². The van der Waals surface area contributed by atoms with Gasteiger partial charge in [-0.3, -0.25) is 19.2 Å². The van der Waals surface area contributed by atoms with Gasteiger partial charge in [-0.05, 0) is 56.6 Å². The second-order valence-electron chi connectivity index (χ2n) is 11.0. The molecular weight excluding hydrogens is 443 g/mol. The van der Waals surface area contributed by atoms with Crippen LogP contribution in [0.25, 0.3) is 0 Å². The van der Waals surface area contributed by atoms with E-state index in [2.05, 4.69) is 0 Å². The minimum absolute atomic E-state index is 0.0679. The van der Waals surface area contributed by atoms with Gasteiger partial charge in [0.2, 0.25) is 5.78 Å². The Kier molecular flexibility index (Phi) is 5.71. The summed E-state index contributed by atoms with van der Waals surface area (Å²) in [7, 11) is 0. The fraction of sp³-hybridized carbons (Fsp3) is 0.692. The van der Waals surface area contributed by atoms with Gasteiger partial charge in [0.25, 0.3) is 0 Å². The zero-order valence-electron chi connectivity index (χ0n) is 20.4. The molecule has 0 spiro atoms. The van der Waals surface area contributed by atoms with Crippen molar-refractivity contribution in [2.45, 2.75) is 77.7 Å². The summed E-state index contributed by atoms with van der Waals surface area (Å²) >= 11 is 0. The van der Waals surface area contributed by atoms with Crippen LogP contribution in [0.2, 0.25) is 0 Å². The predicted molar refractivity (Wildman–Crippen MR) is 119 cm³/mol. The van der Waals surface area contributed by atoms with E-state index in [9.17, 15) is 24.3 Å². The van der Waals surface area contributed by atoms with E-state index in [-0.39, 0.29) is 18.1 Å². The Morgan fingerprint density at radius 1 is 1.18 bits per heavy atom. The first-order valence-electron chi connectivity index (χ1n) is 11.9. The maximum Gasteiger partial charge on any atom is 0.303 e. The summed E-state index contributed by atoms with van der Waals surface area (Å²) in [6.45, 7) is 7.08. The fourth-order valence-corrected chi connectivity index (χ4v) is 7.71. The molecule has 4 aliphatic carbocycles. The molecule has 0 amide bonds. The number of aliphatic hydroxyl groups is 1. The van der Waals surface area contributed by atoms with Gasteiger partial charge in [0.1, 0.15) is 11.7 Å². The zero-order chi connectivity index (χ0) is 25.3. The number of hydrogen-bond acceptors (Lipinski definition) is 7.